The molecule has 0 saturated heterocycles. The summed E-state index contributed by atoms with van der Waals surface area (Å²) in [5, 5.41) is 9.31. The van der Waals surface area contributed by atoms with Crippen LogP contribution in [0.3, 0.4) is 0 Å². The maximum absolute atomic E-state index is 9.31. The van der Waals surface area contributed by atoms with Crippen LogP contribution in [0.2, 0.25) is 0 Å². The molecule has 0 heterocycles. The monoisotopic (exact) mass is 209 g/mol. The van der Waals surface area contributed by atoms with Crippen LogP contribution in [-0.2, 0) is 0 Å². The van der Waals surface area contributed by atoms with E-state index in [-0.39, 0.29) is 11.8 Å². The summed E-state index contributed by atoms with van der Waals surface area (Å²) in [6.07, 6.45) is 3.18. The zero-order valence-electron chi connectivity index (χ0n) is 9.36. The fraction of sp³-hybridized carbons (Fsp3) is 0.500. The number of ether oxygens (including phenoxy) is 1. The Labute approximate surface area is 90.9 Å². The highest BCUT2D eigenvalue weighted by Gasteiger charge is 2.11. The van der Waals surface area contributed by atoms with Crippen LogP contribution in [0.25, 0.3) is 0 Å². The summed E-state index contributed by atoms with van der Waals surface area (Å²) >= 11 is 0. The van der Waals surface area contributed by atoms with Gasteiger partial charge in [-0.05, 0) is 12.5 Å². The van der Waals surface area contributed by atoms with Crippen LogP contribution < -0.4 is 10.5 Å². The highest BCUT2D eigenvalue weighted by atomic mass is 16.5. The first-order valence-electron chi connectivity index (χ1n) is 5.31. The predicted octanol–water partition coefficient (Wildman–Crippen LogP) is 2.59. The van der Waals surface area contributed by atoms with E-state index < -0.39 is 0 Å². The van der Waals surface area contributed by atoms with Crippen LogP contribution in [0, 0.1) is 0 Å². The molecule has 1 rings (SSSR count). The lowest BCUT2D eigenvalue weighted by molar-refractivity contribution is 0.397. The molecular formula is C12H19NO2. The smallest absolute Gasteiger partial charge is 0.127 e. The van der Waals surface area contributed by atoms with Gasteiger partial charge in [-0.25, -0.2) is 0 Å². The number of methoxy groups -OCH3 is 1. The molecule has 0 aliphatic rings. The summed E-state index contributed by atoms with van der Waals surface area (Å²) in [6.45, 7) is 2.14. The molecule has 0 amide bonds. The second kappa shape index (κ2) is 5.61. The highest BCUT2D eigenvalue weighted by molar-refractivity contribution is 5.41. The van der Waals surface area contributed by atoms with E-state index in [0.717, 1.165) is 24.8 Å². The minimum Gasteiger partial charge on any atom is -0.508 e. The van der Waals surface area contributed by atoms with E-state index in [4.69, 9.17) is 10.5 Å². The van der Waals surface area contributed by atoms with E-state index in [1.165, 1.54) is 0 Å². The number of rotatable bonds is 5. The first-order chi connectivity index (χ1) is 7.19. The molecule has 0 aliphatic carbocycles. The minimum atomic E-state index is -0.0134. The van der Waals surface area contributed by atoms with Crippen LogP contribution in [0.5, 0.6) is 11.5 Å². The van der Waals surface area contributed by atoms with Gasteiger partial charge in [0.2, 0.25) is 0 Å². The van der Waals surface area contributed by atoms with Crippen molar-refractivity contribution in [2.24, 2.45) is 5.73 Å². The average molecular weight is 209 g/mol. The summed E-state index contributed by atoms with van der Waals surface area (Å²) in [5.74, 6) is 0.872. The zero-order chi connectivity index (χ0) is 11.3. The van der Waals surface area contributed by atoms with Gasteiger partial charge < -0.3 is 15.6 Å². The first-order valence-corrected chi connectivity index (χ1v) is 5.31. The van der Waals surface area contributed by atoms with Crippen molar-refractivity contribution in [3.63, 3.8) is 0 Å². The van der Waals surface area contributed by atoms with Gasteiger partial charge in [0.1, 0.15) is 11.5 Å². The van der Waals surface area contributed by atoms with E-state index >= 15 is 0 Å². The zero-order valence-corrected chi connectivity index (χ0v) is 9.36. The molecule has 15 heavy (non-hydrogen) atoms. The third kappa shape index (κ3) is 3.13. The largest absolute Gasteiger partial charge is 0.508 e. The highest BCUT2D eigenvalue weighted by Crippen LogP contribution is 2.29. The van der Waals surface area contributed by atoms with Crippen molar-refractivity contribution in [3.05, 3.63) is 23.8 Å². The second-order valence-corrected chi connectivity index (χ2v) is 3.67. The molecule has 1 aromatic carbocycles. The fourth-order valence-corrected chi connectivity index (χ4v) is 1.59. The molecule has 1 atom stereocenters. The maximum Gasteiger partial charge on any atom is 0.127 e. The molecule has 3 heteroatoms. The van der Waals surface area contributed by atoms with Crippen molar-refractivity contribution in [2.75, 3.05) is 7.11 Å². The Kier molecular flexibility index (Phi) is 4.43. The minimum absolute atomic E-state index is 0.0134. The summed E-state index contributed by atoms with van der Waals surface area (Å²) in [7, 11) is 1.59. The van der Waals surface area contributed by atoms with Gasteiger partial charge in [-0.15, -0.1) is 0 Å². The molecule has 84 valence electrons. The lowest BCUT2D eigenvalue weighted by atomic mass is 10.0. The van der Waals surface area contributed by atoms with Gasteiger partial charge >= 0.3 is 0 Å². The molecule has 0 saturated carbocycles. The van der Waals surface area contributed by atoms with E-state index in [2.05, 4.69) is 6.92 Å². The van der Waals surface area contributed by atoms with Crippen LogP contribution >= 0.6 is 0 Å². The Morgan fingerprint density at radius 1 is 1.47 bits per heavy atom. The van der Waals surface area contributed by atoms with Crippen molar-refractivity contribution < 1.29 is 9.84 Å². The van der Waals surface area contributed by atoms with Crippen molar-refractivity contribution in [1.29, 1.82) is 0 Å². The van der Waals surface area contributed by atoms with Crippen LogP contribution in [0.4, 0.5) is 0 Å². The summed E-state index contributed by atoms with van der Waals surface area (Å²) in [5.41, 5.74) is 7.01. The Balaban J connectivity index is 2.82. The third-order valence-corrected chi connectivity index (χ3v) is 2.49. The quantitative estimate of drug-likeness (QED) is 0.783. The summed E-state index contributed by atoms with van der Waals surface area (Å²) in [4.78, 5) is 0. The average Bonchev–Trinajstić information content (AvgIpc) is 2.25. The number of phenolic OH excluding ortho intramolecular Hbond substituents is 1. The normalized spacial score (nSPS) is 12.5. The lowest BCUT2D eigenvalue weighted by Crippen LogP contribution is -2.11. The van der Waals surface area contributed by atoms with Gasteiger partial charge in [0, 0.05) is 17.7 Å². The Morgan fingerprint density at radius 2 is 2.20 bits per heavy atom. The SMILES string of the molecule is CCCC[C@@H](N)c1ccc(O)cc1OC. The number of benzene rings is 1. The molecule has 0 unspecified atom stereocenters. The molecule has 3 N–H and O–H groups in total. The van der Waals surface area contributed by atoms with Crippen LogP contribution in [0.1, 0.15) is 37.8 Å². The van der Waals surface area contributed by atoms with E-state index in [9.17, 15) is 5.11 Å². The molecule has 0 aromatic heterocycles. The lowest BCUT2D eigenvalue weighted by Gasteiger charge is -2.15. The molecule has 3 nitrogen and oxygen atoms in total. The van der Waals surface area contributed by atoms with Gasteiger partial charge in [-0.1, -0.05) is 25.8 Å². The molecular weight excluding hydrogens is 190 g/mol. The summed E-state index contributed by atoms with van der Waals surface area (Å²) in [6, 6.07) is 5.06. The molecule has 1 aromatic rings. The molecule has 0 aliphatic heterocycles. The fourth-order valence-electron chi connectivity index (χ4n) is 1.59. The van der Waals surface area contributed by atoms with Gasteiger partial charge in [-0.2, -0.15) is 0 Å². The topological polar surface area (TPSA) is 55.5 Å². The van der Waals surface area contributed by atoms with Gasteiger partial charge in [-0.3, -0.25) is 0 Å². The number of phenols is 1. The molecule has 0 fully saturated rings. The summed E-state index contributed by atoms with van der Waals surface area (Å²) < 4.78 is 5.19. The van der Waals surface area contributed by atoms with Crippen LogP contribution in [-0.4, -0.2) is 12.2 Å². The number of nitrogens with two attached hydrogens (primary N) is 1. The van der Waals surface area contributed by atoms with E-state index in [1.807, 2.05) is 6.07 Å². The number of hydrogen-bond acceptors (Lipinski definition) is 3. The van der Waals surface area contributed by atoms with Gasteiger partial charge in [0.25, 0.3) is 0 Å². The van der Waals surface area contributed by atoms with E-state index in [1.54, 1.807) is 19.2 Å². The van der Waals surface area contributed by atoms with Gasteiger partial charge in [0.15, 0.2) is 0 Å². The van der Waals surface area contributed by atoms with Crippen molar-refractivity contribution in [3.8, 4) is 11.5 Å². The Morgan fingerprint density at radius 3 is 2.80 bits per heavy atom. The molecule has 0 spiro atoms. The number of hydrogen-bond donors (Lipinski definition) is 2. The van der Waals surface area contributed by atoms with Crippen molar-refractivity contribution >= 4 is 0 Å². The maximum atomic E-state index is 9.31. The van der Waals surface area contributed by atoms with Crippen LogP contribution in [0.15, 0.2) is 18.2 Å². The predicted molar refractivity (Wildman–Crippen MR) is 61.1 cm³/mol. The number of aromatic hydroxyl groups is 1. The second-order valence-electron chi connectivity index (χ2n) is 3.67. The number of unbranched alkanes of at least 4 members (excludes halogenated alkanes) is 1. The molecule has 0 radical (unpaired) electrons. The van der Waals surface area contributed by atoms with Gasteiger partial charge in [0.05, 0.1) is 7.11 Å². The van der Waals surface area contributed by atoms with Crippen molar-refractivity contribution in [2.45, 2.75) is 32.2 Å². The standard InChI is InChI=1S/C12H19NO2/c1-3-4-5-11(13)10-7-6-9(14)8-12(10)15-2/h6-8,11,14H,3-5,13H2,1-2H3/t11-/m1/s1. The third-order valence-electron chi connectivity index (χ3n) is 2.49. The Bertz CT molecular complexity index is 312. The van der Waals surface area contributed by atoms with E-state index in [0.29, 0.717) is 5.75 Å². The first kappa shape index (κ1) is 11.9. The van der Waals surface area contributed by atoms with Crippen molar-refractivity contribution in [1.82, 2.24) is 0 Å². The molecule has 0 bridgehead atoms. The Hall–Kier alpha value is -1.22.